The molecule has 0 radical (unpaired) electrons. The minimum Gasteiger partial charge on any atom is -0.396 e. The van der Waals surface area contributed by atoms with Gasteiger partial charge >= 0.3 is 0 Å². The van der Waals surface area contributed by atoms with Crippen molar-refractivity contribution in [3.05, 3.63) is 29.6 Å². The maximum Gasteiger partial charge on any atom is 0.146 e. The molecule has 0 spiro atoms. The summed E-state index contributed by atoms with van der Waals surface area (Å²) >= 11 is 0. The minimum atomic E-state index is -0.328. The standard InChI is InChI=1S/C13H19FN2/c1-13(2)6-10(13)8-16-7-9-3-4-12(15)11(14)5-9/h3-5,10,16H,6-8,15H2,1-2H3. The fraction of sp³-hybridized carbons (Fsp3) is 0.538. The Kier molecular flexibility index (Phi) is 2.89. The van der Waals surface area contributed by atoms with Crippen molar-refractivity contribution >= 4 is 5.69 Å². The predicted molar refractivity (Wildman–Crippen MR) is 64.4 cm³/mol. The van der Waals surface area contributed by atoms with E-state index < -0.39 is 0 Å². The van der Waals surface area contributed by atoms with Crippen LogP contribution in [-0.4, -0.2) is 6.54 Å². The second kappa shape index (κ2) is 4.06. The number of nitrogens with one attached hydrogen (secondary N) is 1. The van der Waals surface area contributed by atoms with E-state index in [9.17, 15) is 4.39 Å². The Morgan fingerprint density at radius 3 is 2.75 bits per heavy atom. The minimum absolute atomic E-state index is 0.215. The highest BCUT2D eigenvalue weighted by Crippen LogP contribution is 2.50. The molecule has 88 valence electrons. The van der Waals surface area contributed by atoms with Gasteiger partial charge in [0.15, 0.2) is 0 Å². The van der Waals surface area contributed by atoms with Crippen molar-refractivity contribution in [3.8, 4) is 0 Å². The van der Waals surface area contributed by atoms with Crippen molar-refractivity contribution in [1.29, 1.82) is 0 Å². The van der Waals surface area contributed by atoms with Crippen LogP contribution in [-0.2, 0) is 6.54 Å². The van der Waals surface area contributed by atoms with Crippen LogP contribution in [0, 0.1) is 17.2 Å². The molecule has 0 aliphatic heterocycles. The van der Waals surface area contributed by atoms with Crippen molar-refractivity contribution < 1.29 is 4.39 Å². The van der Waals surface area contributed by atoms with Gasteiger partial charge in [-0.25, -0.2) is 4.39 Å². The van der Waals surface area contributed by atoms with E-state index in [2.05, 4.69) is 19.2 Å². The van der Waals surface area contributed by atoms with Crippen LogP contribution in [0.3, 0.4) is 0 Å². The maximum atomic E-state index is 13.1. The van der Waals surface area contributed by atoms with E-state index in [1.54, 1.807) is 6.07 Å². The lowest BCUT2D eigenvalue weighted by molar-refractivity contribution is 0.519. The molecule has 0 aromatic heterocycles. The number of nitrogen functional groups attached to an aromatic ring is 1. The van der Waals surface area contributed by atoms with Gasteiger partial charge in [0.25, 0.3) is 0 Å². The SMILES string of the molecule is CC1(C)CC1CNCc1ccc(N)c(F)c1. The lowest BCUT2D eigenvalue weighted by Gasteiger charge is -2.07. The molecule has 1 aromatic rings. The van der Waals surface area contributed by atoms with E-state index >= 15 is 0 Å². The number of rotatable bonds is 4. The Hall–Kier alpha value is -1.09. The van der Waals surface area contributed by atoms with E-state index in [0.717, 1.165) is 18.0 Å². The van der Waals surface area contributed by atoms with Crippen molar-refractivity contribution in [2.75, 3.05) is 12.3 Å². The van der Waals surface area contributed by atoms with E-state index in [0.29, 0.717) is 12.0 Å². The number of benzene rings is 1. The molecule has 2 nitrogen and oxygen atoms in total. The van der Waals surface area contributed by atoms with Crippen LogP contribution in [0.5, 0.6) is 0 Å². The Morgan fingerprint density at radius 1 is 1.50 bits per heavy atom. The quantitative estimate of drug-likeness (QED) is 0.768. The number of halogens is 1. The Labute approximate surface area is 96.0 Å². The van der Waals surface area contributed by atoms with Crippen molar-refractivity contribution in [2.24, 2.45) is 11.3 Å². The van der Waals surface area contributed by atoms with Gasteiger partial charge in [-0.3, -0.25) is 0 Å². The summed E-state index contributed by atoms with van der Waals surface area (Å²) in [5, 5.41) is 3.36. The molecule has 16 heavy (non-hydrogen) atoms. The zero-order chi connectivity index (χ0) is 11.8. The molecule has 3 N–H and O–H groups in total. The first-order chi connectivity index (χ1) is 7.49. The summed E-state index contributed by atoms with van der Waals surface area (Å²) in [6.07, 6.45) is 1.29. The Morgan fingerprint density at radius 2 is 2.19 bits per heavy atom. The molecule has 1 aliphatic rings. The zero-order valence-corrected chi connectivity index (χ0v) is 9.89. The van der Waals surface area contributed by atoms with Crippen molar-refractivity contribution in [3.63, 3.8) is 0 Å². The molecule has 0 heterocycles. The van der Waals surface area contributed by atoms with Gasteiger partial charge in [0.1, 0.15) is 5.82 Å². The van der Waals surface area contributed by atoms with Crippen LogP contribution in [0.1, 0.15) is 25.8 Å². The van der Waals surface area contributed by atoms with E-state index in [4.69, 9.17) is 5.73 Å². The summed E-state index contributed by atoms with van der Waals surface area (Å²) in [4.78, 5) is 0. The van der Waals surface area contributed by atoms with Gasteiger partial charge in [-0.2, -0.15) is 0 Å². The first-order valence-corrected chi connectivity index (χ1v) is 5.74. The molecule has 1 aromatic carbocycles. The van der Waals surface area contributed by atoms with Gasteiger partial charge in [0.05, 0.1) is 5.69 Å². The van der Waals surface area contributed by atoms with Gasteiger partial charge < -0.3 is 11.1 Å². The second-order valence-corrected chi connectivity index (χ2v) is 5.38. The third-order valence-electron chi connectivity index (χ3n) is 3.50. The predicted octanol–water partition coefficient (Wildman–Crippen LogP) is 2.54. The van der Waals surface area contributed by atoms with Gasteiger partial charge in [-0.1, -0.05) is 19.9 Å². The molecule has 1 fully saturated rings. The molecule has 0 bridgehead atoms. The van der Waals surface area contributed by atoms with Crippen molar-refractivity contribution in [1.82, 2.24) is 5.32 Å². The third kappa shape index (κ3) is 2.53. The fourth-order valence-electron chi connectivity index (χ4n) is 2.00. The molecule has 1 unspecified atom stereocenters. The Balaban J connectivity index is 1.79. The summed E-state index contributed by atoms with van der Waals surface area (Å²) < 4.78 is 13.1. The van der Waals surface area contributed by atoms with Crippen LogP contribution >= 0.6 is 0 Å². The second-order valence-electron chi connectivity index (χ2n) is 5.38. The van der Waals surface area contributed by atoms with Crippen LogP contribution in [0.4, 0.5) is 10.1 Å². The highest BCUT2D eigenvalue weighted by molar-refractivity contribution is 5.41. The zero-order valence-electron chi connectivity index (χ0n) is 9.89. The molecule has 1 aliphatic carbocycles. The van der Waals surface area contributed by atoms with Gasteiger partial charge in [-0.15, -0.1) is 0 Å². The number of hydrogen-bond acceptors (Lipinski definition) is 2. The highest BCUT2D eigenvalue weighted by atomic mass is 19.1. The molecule has 3 heteroatoms. The average molecular weight is 222 g/mol. The monoisotopic (exact) mass is 222 g/mol. The van der Waals surface area contributed by atoms with Gasteiger partial charge in [-0.05, 0) is 42.0 Å². The number of hydrogen-bond donors (Lipinski definition) is 2. The van der Waals surface area contributed by atoms with Gasteiger partial charge in [0.2, 0.25) is 0 Å². The summed E-state index contributed by atoms with van der Waals surface area (Å²) in [6, 6.07) is 4.98. The van der Waals surface area contributed by atoms with Crippen LogP contribution in [0.2, 0.25) is 0 Å². The highest BCUT2D eigenvalue weighted by Gasteiger charge is 2.44. The molecule has 2 rings (SSSR count). The van der Waals surface area contributed by atoms with E-state index in [1.807, 2.05) is 6.07 Å². The Bertz CT molecular complexity index is 388. The molecular formula is C13H19FN2. The van der Waals surface area contributed by atoms with Crippen molar-refractivity contribution in [2.45, 2.75) is 26.8 Å². The largest absolute Gasteiger partial charge is 0.396 e. The third-order valence-corrected chi connectivity index (χ3v) is 3.50. The molecular weight excluding hydrogens is 203 g/mol. The van der Waals surface area contributed by atoms with E-state index in [1.165, 1.54) is 12.5 Å². The van der Waals surface area contributed by atoms with Gasteiger partial charge in [0, 0.05) is 6.54 Å². The summed E-state index contributed by atoms with van der Waals surface area (Å²) in [5.74, 6) is 0.442. The molecule has 0 amide bonds. The van der Waals surface area contributed by atoms with Crippen LogP contribution in [0.25, 0.3) is 0 Å². The summed E-state index contributed by atoms with van der Waals surface area (Å²) in [7, 11) is 0. The summed E-state index contributed by atoms with van der Waals surface area (Å²) in [5.41, 5.74) is 7.08. The van der Waals surface area contributed by atoms with E-state index in [-0.39, 0.29) is 11.5 Å². The normalized spacial score (nSPS) is 22.1. The topological polar surface area (TPSA) is 38.0 Å². The smallest absolute Gasteiger partial charge is 0.146 e. The number of nitrogens with two attached hydrogens (primary N) is 1. The van der Waals surface area contributed by atoms with Crippen LogP contribution < -0.4 is 11.1 Å². The first kappa shape index (κ1) is 11.4. The molecule has 0 saturated heterocycles. The lowest BCUT2D eigenvalue weighted by Crippen LogP contribution is -2.18. The number of anilines is 1. The van der Waals surface area contributed by atoms with Crippen LogP contribution in [0.15, 0.2) is 18.2 Å². The fourth-order valence-corrected chi connectivity index (χ4v) is 2.00. The maximum absolute atomic E-state index is 13.1. The molecule has 1 atom stereocenters. The summed E-state index contributed by atoms with van der Waals surface area (Å²) in [6.45, 7) is 6.28. The average Bonchev–Trinajstić information content (AvgIpc) is 2.80. The molecule has 1 saturated carbocycles. The lowest BCUT2D eigenvalue weighted by atomic mass is 10.1. The first-order valence-electron chi connectivity index (χ1n) is 5.74.